The second-order valence-corrected chi connectivity index (χ2v) is 10.2. The van der Waals surface area contributed by atoms with Crippen molar-refractivity contribution in [3.05, 3.63) is 75.0 Å². The number of nitrogens with zero attached hydrogens (tertiary/aromatic N) is 2. The van der Waals surface area contributed by atoms with Gasteiger partial charge in [0.15, 0.2) is 0 Å². The van der Waals surface area contributed by atoms with E-state index in [0.717, 1.165) is 50.6 Å². The zero-order chi connectivity index (χ0) is 22.5. The third-order valence-corrected chi connectivity index (χ3v) is 7.48. The van der Waals surface area contributed by atoms with Crippen LogP contribution in [0.5, 0.6) is 0 Å². The molecule has 0 aromatic heterocycles. The summed E-state index contributed by atoms with van der Waals surface area (Å²) in [6, 6.07) is 13.2. The van der Waals surface area contributed by atoms with E-state index in [4.69, 9.17) is 11.6 Å². The molecule has 1 amide bonds. The molecule has 0 atom stereocenters. The Balaban J connectivity index is 1.20. The van der Waals surface area contributed by atoms with Gasteiger partial charge in [-0.05, 0) is 86.5 Å². The summed E-state index contributed by atoms with van der Waals surface area (Å²) in [6.45, 7) is 4.94. The third-order valence-electron chi connectivity index (χ3n) is 6.74. The second kappa shape index (κ2) is 11.0. The lowest BCUT2D eigenvalue weighted by Gasteiger charge is -2.37. The molecule has 0 aliphatic carbocycles. The molecule has 4 rings (SSSR count). The molecular formula is C26H29BrClFN2O. The summed E-state index contributed by atoms with van der Waals surface area (Å²) in [7, 11) is 0. The summed E-state index contributed by atoms with van der Waals surface area (Å²) < 4.78 is 14.6. The number of piperidine rings is 2. The third kappa shape index (κ3) is 6.21. The van der Waals surface area contributed by atoms with Crippen molar-refractivity contribution in [3.8, 4) is 0 Å². The first kappa shape index (κ1) is 23.5. The molecular weight excluding hydrogens is 491 g/mol. The maximum Gasteiger partial charge on any atom is 0.246 e. The number of likely N-dealkylation sites (tertiary alicyclic amines) is 2. The van der Waals surface area contributed by atoms with Gasteiger partial charge in [0.1, 0.15) is 5.82 Å². The first-order valence-corrected chi connectivity index (χ1v) is 12.5. The van der Waals surface area contributed by atoms with Crippen molar-refractivity contribution >= 4 is 39.5 Å². The van der Waals surface area contributed by atoms with Crippen molar-refractivity contribution in [3.63, 3.8) is 0 Å². The fourth-order valence-electron chi connectivity index (χ4n) is 4.79. The smallest absolute Gasteiger partial charge is 0.246 e. The molecule has 2 aliphatic heterocycles. The molecule has 32 heavy (non-hydrogen) atoms. The van der Waals surface area contributed by atoms with Crippen LogP contribution in [0.15, 0.2) is 53.0 Å². The normalized spacial score (nSPS) is 19.0. The minimum absolute atomic E-state index is 0.0328. The first-order chi connectivity index (χ1) is 15.5. The van der Waals surface area contributed by atoms with Crippen molar-refractivity contribution in [2.45, 2.75) is 31.6 Å². The average molecular weight is 520 g/mol. The Labute approximate surface area is 203 Å². The van der Waals surface area contributed by atoms with Crippen LogP contribution in [0, 0.1) is 11.7 Å². The molecule has 0 saturated carbocycles. The van der Waals surface area contributed by atoms with E-state index in [1.807, 2.05) is 17.0 Å². The average Bonchev–Trinajstić information content (AvgIpc) is 2.80. The van der Waals surface area contributed by atoms with Gasteiger partial charge in [-0.3, -0.25) is 4.79 Å². The largest absolute Gasteiger partial charge is 0.339 e. The van der Waals surface area contributed by atoms with Gasteiger partial charge in [-0.2, -0.15) is 0 Å². The van der Waals surface area contributed by atoms with Crippen molar-refractivity contribution in [1.29, 1.82) is 0 Å². The van der Waals surface area contributed by atoms with Gasteiger partial charge in [0.2, 0.25) is 5.91 Å². The molecule has 0 bridgehead atoms. The zero-order valence-electron chi connectivity index (χ0n) is 18.2. The van der Waals surface area contributed by atoms with Crippen molar-refractivity contribution in [2.24, 2.45) is 5.92 Å². The minimum atomic E-state index is -0.332. The number of hydrogen-bond acceptors (Lipinski definition) is 2. The molecule has 2 aromatic rings. The lowest BCUT2D eigenvalue weighted by Crippen LogP contribution is -2.42. The number of hydrogen-bond donors (Lipinski definition) is 0. The zero-order valence-corrected chi connectivity index (χ0v) is 20.5. The van der Waals surface area contributed by atoms with E-state index in [1.54, 1.807) is 18.2 Å². The molecule has 2 saturated heterocycles. The van der Waals surface area contributed by atoms with Crippen molar-refractivity contribution in [1.82, 2.24) is 9.80 Å². The van der Waals surface area contributed by atoms with Gasteiger partial charge in [-0.25, -0.2) is 4.39 Å². The van der Waals surface area contributed by atoms with Crippen molar-refractivity contribution < 1.29 is 9.18 Å². The molecule has 170 valence electrons. The maximum absolute atomic E-state index is 13.9. The van der Waals surface area contributed by atoms with Crippen LogP contribution in [0.4, 0.5) is 4.39 Å². The SMILES string of the molecule is O=C(/C=C/c1ccc(Br)cc1F)N1CCC(CN2CCC(c3ccc(Cl)cc3)CC2)CC1. The predicted molar refractivity (Wildman–Crippen MR) is 132 cm³/mol. The number of rotatable bonds is 5. The molecule has 2 aliphatic rings. The maximum atomic E-state index is 13.9. The van der Waals surface area contributed by atoms with Crippen molar-refractivity contribution in [2.75, 3.05) is 32.7 Å². The van der Waals surface area contributed by atoms with E-state index in [0.29, 0.717) is 21.9 Å². The highest BCUT2D eigenvalue weighted by molar-refractivity contribution is 9.10. The Kier molecular flexibility index (Phi) is 8.03. The molecule has 0 N–H and O–H groups in total. The Morgan fingerprint density at radius 1 is 1.03 bits per heavy atom. The molecule has 0 radical (unpaired) electrons. The van der Waals surface area contributed by atoms with E-state index in [1.165, 1.54) is 30.5 Å². The van der Waals surface area contributed by atoms with E-state index < -0.39 is 0 Å². The summed E-state index contributed by atoms with van der Waals surface area (Å²) in [5, 5.41) is 0.798. The van der Waals surface area contributed by atoms with Gasteiger partial charge in [-0.15, -0.1) is 0 Å². The summed E-state index contributed by atoms with van der Waals surface area (Å²) >= 11 is 9.26. The Morgan fingerprint density at radius 2 is 1.72 bits per heavy atom. The molecule has 6 heteroatoms. The summed E-state index contributed by atoms with van der Waals surface area (Å²) in [4.78, 5) is 17.0. The summed E-state index contributed by atoms with van der Waals surface area (Å²) in [6.07, 6.45) is 7.51. The first-order valence-electron chi connectivity index (χ1n) is 11.4. The highest BCUT2D eigenvalue weighted by Gasteiger charge is 2.26. The number of benzene rings is 2. The summed E-state index contributed by atoms with van der Waals surface area (Å²) in [5.41, 5.74) is 1.83. The number of amides is 1. The van der Waals surface area contributed by atoms with E-state index in [2.05, 4.69) is 33.0 Å². The van der Waals surface area contributed by atoms with Crippen LogP contribution >= 0.6 is 27.5 Å². The second-order valence-electron chi connectivity index (χ2n) is 8.89. The van der Waals surface area contributed by atoms with Crippen LogP contribution in [0.1, 0.15) is 42.7 Å². The Morgan fingerprint density at radius 3 is 2.38 bits per heavy atom. The van der Waals surface area contributed by atoms with Crippen LogP contribution < -0.4 is 0 Å². The Bertz CT molecular complexity index is 949. The highest BCUT2D eigenvalue weighted by atomic mass is 79.9. The van der Waals surface area contributed by atoms with Crippen LogP contribution in [0.2, 0.25) is 5.02 Å². The molecule has 3 nitrogen and oxygen atoms in total. The molecule has 0 spiro atoms. The molecule has 2 aromatic carbocycles. The topological polar surface area (TPSA) is 23.6 Å². The minimum Gasteiger partial charge on any atom is -0.339 e. The predicted octanol–water partition coefficient (Wildman–Crippen LogP) is 6.37. The lowest BCUT2D eigenvalue weighted by atomic mass is 9.88. The van der Waals surface area contributed by atoms with Gasteiger partial charge >= 0.3 is 0 Å². The van der Waals surface area contributed by atoms with Crippen LogP contribution in [0.3, 0.4) is 0 Å². The highest BCUT2D eigenvalue weighted by Crippen LogP contribution is 2.30. The van der Waals surface area contributed by atoms with Gasteiger partial charge in [0, 0.05) is 40.8 Å². The Hall–Kier alpha value is -1.69. The quantitative estimate of drug-likeness (QED) is 0.428. The summed E-state index contributed by atoms with van der Waals surface area (Å²) in [5.74, 6) is 0.904. The van der Waals surface area contributed by atoms with Crippen LogP contribution in [0.25, 0.3) is 6.08 Å². The fraction of sp³-hybridized carbons (Fsp3) is 0.423. The van der Waals surface area contributed by atoms with Gasteiger partial charge in [0.25, 0.3) is 0 Å². The van der Waals surface area contributed by atoms with E-state index in [9.17, 15) is 9.18 Å². The van der Waals surface area contributed by atoms with Gasteiger partial charge in [0.05, 0.1) is 0 Å². The number of halogens is 3. The van der Waals surface area contributed by atoms with Gasteiger partial charge < -0.3 is 9.80 Å². The van der Waals surface area contributed by atoms with Crippen LogP contribution in [-0.2, 0) is 4.79 Å². The lowest BCUT2D eigenvalue weighted by molar-refractivity contribution is -0.127. The monoisotopic (exact) mass is 518 g/mol. The standard InChI is InChI=1S/C26H29BrClFN2O/c27-23-5-1-22(25(29)17-23)4-8-26(32)31-15-9-19(10-16-31)18-30-13-11-21(12-14-30)20-2-6-24(28)7-3-20/h1-8,17,19,21H,9-16,18H2/b8-4+. The number of carbonyl (C=O) groups is 1. The van der Waals surface area contributed by atoms with Gasteiger partial charge in [-0.1, -0.05) is 45.7 Å². The molecule has 2 fully saturated rings. The fourth-order valence-corrected chi connectivity index (χ4v) is 5.25. The number of carbonyl (C=O) groups excluding carboxylic acids is 1. The molecule has 2 heterocycles. The molecule has 0 unspecified atom stereocenters. The van der Waals surface area contributed by atoms with E-state index in [-0.39, 0.29) is 11.7 Å². The van der Waals surface area contributed by atoms with Crippen LogP contribution in [-0.4, -0.2) is 48.4 Å². The van der Waals surface area contributed by atoms with E-state index >= 15 is 0 Å².